The van der Waals surface area contributed by atoms with Crippen LogP contribution in [0.4, 0.5) is 5.13 Å². The van der Waals surface area contributed by atoms with Crippen molar-refractivity contribution < 1.29 is 9.53 Å². The second-order valence-corrected chi connectivity index (χ2v) is 7.10. The van der Waals surface area contributed by atoms with Gasteiger partial charge in [0.15, 0.2) is 5.13 Å². The van der Waals surface area contributed by atoms with Gasteiger partial charge in [0, 0.05) is 17.4 Å². The molecule has 1 amide bonds. The second-order valence-electron chi connectivity index (χ2n) is 6.24. The van der Waals surface area contributed by atoms with Gasteiger partial charge in [0.2, 0.25) is 5.91 Å². The van der Waals surface area contributed by atoms with Crippen LogP contribution in [0.1, 0.15) is 5.56 Å². The summed E-state index contributed by atoms with van der Waals surface area (Å²) in [6.07, 6.45) is 0.919. The fraction of sp³-hybridized carbons (Fsp3) is 0.158. The van der Waals surface area contributed by atoms with Gasteiger partial charge < -0.3 is 10.1 Å². The molecule has 0 radical (unpaired) electrons. The molecule has 8 heteroatoms. The van der Waals surface area contributed by atoms with Crippen LogP contribution in [-0.2, 0) is 17.8 Å². The van der Waals surface area contributed by atoms with Gasteiger partial charge in [-0.1, -0.05) is 17.3 Å². The van der Waals surface area contributed by atoms with Crippen LogP contribution in [0, 0.1) is 0 Å². The first kappa shape index (κ1) is 16.0. The molecule has 7 nitrogen and oxygen atoms in total. The first-order valence-electron chi connectivity index (χ1n) is 8.56. The number of thiazole rings is 1. The van der Waals surface area contributed by atoms with Crippen molar-refractivity contribution >= 4 is 33.4 Å². The lowest BCUT2D eigenvalue weighted by Crippen LogP contribution is -2.19. The number of fused-ring (bicyclic) bond motifs is 2. The molecule has 0 fully saturated rings. The molecule has 134 valence electrons. The Hall–Kier alpha value is -3.26. The number of ether oxygens (including phenoxy) is 1. The molecule has 0 saturated carbocycles. The Kier molecular flexibility index (Phi) is 3.83. The molecule has 0 atom stereocenters. The van der Waals surface area contributed by atoms with Crippen molar-refractivity contribution in [3.63, 3.8) is 0 Å². The smallest absolute Gasteiger partial charge is 0.247 e. The first-order chi connectivity index (χ1) is 13.3. The van der Waals surface area contributed by atoms with Crippen molar-refractivity contribution in [2.75, 3.05) is 11.9 Å². The number of hydrogen-bond acceptors (Lipinski definition) is 6. The van der Waals surface area contributed by atoms with Gasteiger partial charge in [-0.05, 0) is 35.9 Å². The average Bonchev–Trinajstić information content (AvgIpc) is 3.41. The van der Waals surface area contributed by atoms with Crippen LogP contribution < -0.4 is 10.1 Å². The summed E-state index contributed by atoms with van der Waals surface area (Å²) in [7, 11) is 0. The van der Waals surface area contributed by atoms with E-state index in [1.165, 1.54) is 16.9 Å². The highest BCUT2D eigenvalue weighted by molar-refractivity contribution is 7.14. The summed E-state index contributed by atoms with van der Waals surface area (Å²) >= 11 is 1.40. The summed E-state index contributed by atoms with van der Waals surface area (Å²) in [6.45, 7) is 0.819. The molecule has 0 saturated heterocycles. The standard InChI is InChI=1S/C19H15N5O2S/c25-18(10-24-16-4-2-1-3-14(16)22-23-24)21-19-20-15(11-27-19)12-5-6-17-13(9-12)7-8-26-17/h1-6,9,11H,7-8,10H2,(H,20,21,25). The molecule has 0 unspecified atom stereocenters. The number of hydrogen-bond donors (Lipinski definition) is 1. The maximum absolute atomic E-state index is 12.4. The van der Waals surface area contributed by atoms with Crippen LogP contribution in [0.15, 0.2) is 47.8 Å². The minimum absolute atomic E-state index is 0.0889. The minimum Gasteiger partial charge on any atom is -0.493 e. The summed E-state index contributed by atoms with van der Waals surface area (Å²) < 4.78 is 7.12. The summed E-state index contributed by atoms with van der Waals surface area (Å²) in [4.78, 5) is 16.9. The van der Waals surface area contributed by atoms with Crippen LogP contribution in [0.5, 0.6) is 5.75 Å². The van der Waals surface area contributed by atoms with Crippen LogP contribution in [0.3, 0.4) is 0 Å². The van der Waals surface area contributed by atoms with Crippen LogP contribution in [0.2, 0.25) is 0 Å². The molecule has 3 heterocycles. The highest BCUT2D eigenvalue weighted by Gasteiger charge is 2.15. The lowest BCUT2D eigenvalue weighted by atomic mass is 10.1. The first-order valence-corrected chi connectivity index (χ1v) is 9.44. The number of nitrogens with one attached hydrogen (secondary N) is 1. The normalized spacial score (nSPS) is 12.7. The number of carbonyl (C=O) groups is 1. The summed E-state index contributed by atoms with van der Waals surface area (Å²) in [5, 5.41) is 13.5. The van der Waals surface area contributed by atoms with E-state index in [0.29, 0.717) is 5.13 Å². The molecule has 0 aliphatic carbocycles. The Labute approximate surface area is 158 Å². The molecular formula is C19H15N5O2S. The molecule has 1 aliphatic rings. The minimum atomic E-state index is -0.186. The monoisotopic (exact) mass is 377 g/mol. The lowest BCUT2D eigenvalue weighted by Gasteiger charge is -2.03. The van der Waals surface area contributed by atoms with Crippen molar-refractivity contribution in [2.24, 2.45) is 0 Å². The zero-order valence-corrected chi connectivity index (χ0v) is 15.1. The number of rotatable bonds is 4. The predicted molar refractivity (Wildman–Crippen MR) is 103 cm³/mol. The van der Waals surface area contributed by atoms with Crippen molar-refractivity contribution in [1.82, 2.24) is 20.0 Å². The second kappa shape index (κ2) is 6.48. The third kappa shape index (κ3) is 3.04. The van der Waals surface area contributed by atoms with Gasteiger partial charge in [-0.25, -0.2) is 9.67 Å². The zero-order valence-electron chi connectivity index (χ0n) is 14.3. The lowest BCUT2D eigenvalue weighted by molar-refractivity contribution is -0.116. The fourth-order valence-corrected chi connectivity index (χ4v) is 3.87. The molecule has 4 aromatic rings. The molecule has 0 bridgehead atoms. The predicted octanol–water partition coefficient (Wildman–Crippen LogP) is 3.13. The van der Waals surface area contributed by atoms with Crippen molar-refractivity contribution in [2.45, 2.75) is 13.0 Å². The topological polar surface area (TPSA) is 81.9 Å². The Morgan fingerprint density at radius 1 is 1.26 bits per heavy atom. The molecular weight excluding hydrogens is 362 g/mol. The van der Waals surface area contributed by atoms with Gasteiger partial charge >= 0.3 is 0 Å². The molecule has 2 aromatic carbocycles. The van der Waals surface area contributed by atoms with Crippen molar-refractivity contribution in [3.8, 4) is 17.0 Å². The third-order valence-corrected chi connectivity index (χ3v) is 5.21. The van der Waals surface area contributed by atoms with Crippen LogP contribution >= 0.6 is 11.3 Å². The number of para-hydroxylation sites is 1. The van der Waals surface area contributed by atoms with Crippen molar-refractivity contribution in [3.05, 3.63) is 53.4 Å². The summed E-state index contributed by atoms with van der Waals surface area (Å²) in [5.41, 5.74) is 4.66. The summed E-state index contributed by atoms with van der Waals surface area (Å²) in [5.74, 6) is 0.761. The van der Waals surface area contributed by atoms with E-state index in [-0.39, 0.29) is 12.5 Å². The average molecular weight is 377 g/mol. The highest BCUT2D eigenvalue weighted by atomic mass is 32.1. The number of amides is 1. The van der Waals surface area contributed by atoms with Gasteiger partial charge in [0.1, 0.15) is 17.8 Å². The van der Waals surface area contributed by atoms with E-state index in [4.69, 9.17) is 4.74 Å². The molecule has 0 spiro atoms. The maximum atomic E-state index is 12.4. The van der Waals surface area contributed by atoms with E-state index >= 15 is 0 Å². The molecule has 2 aromatic heterocycles. The van der Waals surface area contributed by atoms with Gasteiger partial charge in [-0.3, -0.25) is 4.79 Å². The fourth-order valence-electron chi connectivity index (χ4n) is 3.14. The zero-order chi connectivity index (χ0) is 18.2. The number of nitrogens with zero attached hydrogens (tertiary/aromatic N) is 4. The SMILES string of the molecule is O=C(Cn1nnc2ccccc21)Nc1nc(-c2ccc3c(c2)CCO3)cs1. The van der Waals surface area contributed by atoms with Crippen LogP contribution in [-0.4, -0.2) is 32.5 Å². The molecule has 1 N–H and O–H groups in total. The van der Waals surface area contributed by atoms with E-state index in [2.05, 4.69) is 26.7 Å². The number of aromatic nitrogens is 4. The van der Waals surface area contributed by atoms with E-state index in [9.17, 15) is 4.79 Å². The highest BCUT2D eigenvalue weighted by Crippen LogP contribution is 2.31. The van der Waals surface area contributed by atoms with E-state index in [0.717, 1.165) is 41.1 Å². The number of carbonyl (C=O) groups excluding carboxylic acids is 1. The van der Waals surface area contributed by atoms with Gasteiger partial charge in [-0.2, -0.15) is 0 Å². The quantitative estimate of drug-likeness (QED) is 0.591. The van der Waals surface area contributed by atoms with Crippen molar-refractivity contribution in [1.29, 1.82) is 0 Å². The van der Waals surface area contributed by atoms with E-state index in [1.807, 2.05) is 41.8 Å². The van der Waals surface area contributed by atoms with E-state index < -0.39 is 0 Å². The Balaban J connectivity index is 1.31. The number of benzene rings is 2. The Bertz CT molecular complexity index is 1150. The van der Waals surface area contributed by atoms with Gasteiger partial charge in [-0.15, -0.1) is 16.4 Å². The maximum Gasteiger partial charge on any atom is 0.247 e. The molecule has 27 heavy (non-hydrogen) atoms. The van der Waals surface area contributed by atoms with Crippen LogP contribution in [0.25, 0.3) is 22.3 Å². The van der Waals surface area contributed by atoms with Gasteiger partial charge in [0.25, 0.3) is 0 Å². The Morgan fingerprint density at radius 2 is 2.19 bits per heavy atom. The molecule has 5 rings (SSSR count). The van der Waals surface area contributed by atoms with E-state index in [1.54, 1.807) is 4.68 Å². The Morgan fingerprint density at radius 3 is 3.15 bits per heavy atom. The largest absolute Gasteiger partial charge is 0.493 e. The number of anilines is 1. The third-order valence-electron chi connectivity index (χ3n) is 4.45. The van der Waals surface area contributed by atoms with Gasteiger partial charge in [0.05, 0.1) is 17.8 Å². The summed E-state index contributed by atoms with van der Waals surface area (Å²) in [6, 6.07) is 13.6. The molecule has 1 aliphatic heterocycles.